The van der Waals surface area contributed by atoms with Crippen molar-refractivity contribution in [2.24, 2.45) is 0 Å². The minimum atomic E-state index is 0.140. The van der Waals surface area contributed by atoms with Crippen LogP contribution in [0.2, 0.25) is 0 Å². The maximum absolute atomic E-state index is 4.62. The van der Waals surface area contributed by atoms with E-state index in [4.69, 9.17) is 0 Å². The summed E-state index contributed by atoms with van der Waals surface area (Å²) in [5.74, 6) is 1.00. The Morgan fingerprint density at radius 1 is 0.806 bits per heavy atom. The predicted molar refractivity (Wildman–Crippen MR) is 130 cm³/mol. The molecule has 0 saturated heterocycles. The highest BCUT2D eigenvalue weighted by molar-refractivity contribution is 7.99. The number of nitrogens with zero attached hydrogens (tertiary/aromatic N) is 4. The molecule has 0 aliphatic rings. The van der Waals surface area contributed by atoms with Gasteiger partial charge in [-0.3, -0.25) is 4.57 Å². The van der Waals surface area contributed by atoms with Gasteiger partial charge in [-0.15, -0.1) is 10.2 Å². The molecule has 1 aromatic heterocycles. The van der Waals surface area contributed by atoms with Gasteiger partial charge in [0.05, 0.1) is 5.25 Å². The number of anilines is 1. The largest absolute Gasteiger partial charge is 0.378 e. The minimum absolute atomic E-state index is 0.140. The maximum Gasteiger partial charge on any atom is 0.196 e. The molecule has 0 aliphatic carbocycles. The van der Waals surface area contributed by atoms with E-state index in [0.717, 1.165) is 29.5 Å². The van der Waals surface area contributed by atoms with Crippen LogP contribution in [0.1, 0.15) is 35.5 Å². The Labute approximate surface area is 189 Å². The van der Waals surface area contributed by atoms with Crippen LogP contribution in [0.4, 0.5) is 5.69 Å². The van der Waals surface area contributed by atoms with Gasteiger partial charge in [-0.1, -0.05) is 79.3 Å². The molecule has 0 saturated carbocycles. The summed E-state index contributed by atoms with van der Waals surface area (Å²) in [6, 6.07) is 29.8. The third kappa shape index (κ3) is 4.83. The number of rotatable bonds is 8. The van der Waals surface area contributed by atoms with Crippen molar-refractivity contribution in [1.29, 1.82) is 0 Å². The lowest BCUT2D eigenvalue weighted by Gasteiger charge is -2.19. The van der Waals surface area contributed by atoms with Gasteiger partial charge in [-0.05, 0) is 41.8 Å². The zero-order valence-electron chi connectivity index (χ0n) is 18.3. The van der Waals surface area contributed by atoms with Crippen LogP contribution < -0.4 is 4.90 Å². The van der Waals surface area contributed by atoms with Crippen LogP contribution in [0.15, 0.2) is 90.1 Å². The van der Waals surface area contributed by atoms with Crippen LogP contribution in [0.3, 0.4) is 0 Å². The first-order valence-electron chi connectivity index (χ1n) is 10.7. The van der Waals surface area contributed by atoms with Crippen molar-refractivity contribution in [2.75, 3.05) is 19.0 Å². The molecule has 0 fully saturated rings. The van der Waals surface area contributed by atoms with Gasteiger partial charge in [0.15, 0.2) is 5.16 Å². The van der Waals surface area contributed by atoms with Crippen molar-refractivity contribution in [3.05, 3.63) is 102 Å². The van der Waals surface area contributed by atoms with Gasteiger partial charge in [0, 0.05) is 31.9 Å². The van der Waals surface area contributed by atoms with Gasteiger partial charge in [0.25, 0.3) is 0 Å². The van der Waals surface area contributed by atoms with Gasteiger partial charge in [-0.2, -0.15) is 0 Å². The summed E-state index contributed by atoms with van der Waals surface area (Å²) >= 11 is 1.75. The van der Waals surface area contributed by atoms with Gasteiger partial charge >= 0.3 is 0 Å². The molecule has 1 heterocycles. The van der Waals surface area contributed by atoms with Crippen LogP contribution in [0, 0.1) is 0 Å². The highest BCUT2D eigenvalue weighted by Gasteiger charge is 2.21. The lowest BCUT2D eigenvalue weighted by molar-refractivity contribution is 0.783. The first kappa shape index (κ1) is 21.2. The fraction of sp³-hybridized carbons (Fsp3) is 0.231. The van der Waals surface area contributed by atoms with E-state index in [0.29, 0.717) is 0 Å². The molecule has 0 atom stereocenters. The van der Waals surface area contributed by atoms with Crippen molar-refractivity contribution in [2.45, 2.75) is 30.2 Å². The molecule has 0 N–H and O–H groups in total. The third-order valence-electron chi connectivity index (χ3n) is 5.23. The highest BCUT2D eigenvalue weighted by Crippen LogP contribution is 2.40. The molecule has 158 valence electrons. The second-order valence-electron chi connectivity index (χ2n) is 7.71. The van der Waals surface area contributed by atoms with E-state index in [1.807, 2.05) is 0 Å². The Hall–Kier alpha value is -3.05. The van der Waals surface area contributed by atoms with Crippen LogP contribution in [0.5, 0.6) is 0 Å². The number of aromatic nitrogens is 3. The Kier molecular flexibility index (Phi) is 6.73. The molecule has 4 aromatic rings. The lowest BCUT2D eigenvalue weighted by Crippen LogP contribution is -2.09. The van der Waals surface area contributed by atoms with Crippen LogP contribution >= 0.6 is 11.8 Å². The predicted octanol–water partition coefficient (Wildman–Crippen LogP) is 6.17. The smallest absolute Gasteiger partial charge is 0.196 e. The maximum atomic E-state index is 4.62. The third-order valence-corrected chi connectivity index (χ3v) is 6.48. The molecule has 0 bridgehead atoms. The molecule has 31 heavy (non-hydrogen) atoms. The Morgan fingerprint density at radius 2 is 1.39 bits per heavy atom. The molecule has 4 rings (SSSR count). The molecule has 0 radical (unpaired) electrons. The Bertz CT molecular complexity index is 1050. The van der Waals surface area contributed by atoms with E-state index in [2.05, 4.69) is 126 Å². The van der Waals surface area contributed by atoms with E-state index in [9.17, 15) is 0 Å². The first-order chi connectivity index (χ1) is 15.2. The van der Waals surface area contributed by atoms with E-state index in [1.165, 1.54) is 16.8 Å². The van der Waals surface area contributed by atoms with Crippen molar-refractivity contribution in [1.82, 2.24) is 14.8 Å². The average Bonchev–Trinajstić information content (AvgIpc) is 3.21. The summed E-state index contributed by atoms with van der Waals surface area (Å²) in [5.41, 5.74) is 4.79. The molecule has 0 aliphatic heterocycles. The van der Waals surface area contributed by atoms with E-state index < -0.39 is 0 Å². The zero-order valence-corrected chi connectivity index (χ0v) is 19.1. The molecular formula is C26H28N4S. The standard InChI is InChI=1S/C26H28N4S/c1-4-11-24-27-28-26(30(24)23-18-16-22(17-19-23)29(2)3)31-25(20-12-7-5-8-13-20)21-14-9-6-10-15-21/h5-10,12-19,25H,4,11H2,1-3H3. The van der Waals surface area contributed by atoms with Gasteiger partial charge < -0.3 is 4.90 Å². The second kappa shape index (κ2) is 9.84. The number of aryl methyl sites for hydroxylation is 1. The molecule has 4 nitrogen and oxygen atoms in total. The zero-order chi connectivity index (χ0) is 21.6. The fourth-order valence-corrected chi connectivity index (χ4v) is 4.81. The van der Waals surface area contributed by atoms with Crippen molar-refractivity contribution >= 4 is 17.4 Å². The number of thioether (sulfide) groups is 1. The lowest BCUT2D eigenvalue weighted by atomic mass is 10.0. The summed E-state index contributed by atoms with van der Waals surface area (Å²) in [6.45, 7) is 2.18. The minimum Gasteiger partial charge on any atom is -0.378 e. The fourth-order valence-electron chi connectivity index (χ4n) is 3.61. The number of benzene rings is 3. The molecule has 5 heteroatoms. The summed E-state index contributed by atoms with van der Waals surface area (Å²) in [7, 11) is 4.11. The summed E-state index contributed by atoms with van der Waals surface area (Å²) in [6.07, 6.45) is 1.92. The monoisotopic (exact) mass is 428 g/mol. The highest BCUT2D eigenvalue weighted by atomic mass is 32.2. The SMILES string of the molecule is CCCc1nnc(SC(c2ccccc2)c2ccccc2)n1-c1ccc(N(C)C)cc1. The van der Waals surface area contributed by atoms with Crippen molar-refractivity contribution in [3.63, 3.8) is 0 Å². The van der Waals surface area contributed by atoms with Crippen LogP contribution in [0.25, 0.3) is 5.69 Å². The van der Waals surface area contributed by atoms with E-state index in [-0.39, 0.29) is 5.25 Å². The average molecular weight is 429 g/mol. The quantitative estimate of drug-likeness (QED) is 0.314. The van der Waals surface area contributed by atoms with Crippen molar-refractivity contribution in [3.8, 4) is 5.69 Å². The van der Waals surface area contributed by atoms with Gasteiger partial charge in [0.2, 0.25) is 0 Å². The van der Waals surface area contributed by atoms with Crippen LogP contribution in [-0.2, 0) is 6.42 Å². The number of hydrogen-bond acceptors (Lipinski definition) is 4. The van der Waals surface area contributed by atoms with E-state index in [1.54, 1.807) is 11.8 Å². The number of hydrogen-bond donors (Lipinski definition) is 0. The molecule has 3 aromatic carbocycles. The van der Waals surface area contributed by atoms with Gasteiger partial charge in [0.1, 0.15) is 5.82 Å². The topological polar surface area (TPSA) is 34.0 Å². The van der Waals surface area contributed by atoms with Crippen molar-refractivity contribution < 1.29 is 0 Å². The van der Waals surface area contributed by atoms with Gasteiger partial charge in [-0.25, -0.2) is 0 Å². The van der Waals surface area contributed by atoms with Crippen LogP contribution in [-0.4, -0.2) is 28.9 Å². The second-order valence-corrected chi connectivity index (χ2v) is 8.79. The summed E-state index contributed by atoms with van der Waals surface area (Å²) in [4.78, 5) is 2.11. The molecule has 0 spiro atoms. The summed E-state index contributed by atoms with van der Waals surface area (Å²) < 4.78 is 2.21. The molecular weight excluding hydrogens is 400 g/mol. The Morgan fingerprint density at radius 3 is 1.90 bits per heavy atom. The summed E-state index contributed by atoms with van der Waals surface area (Å²) in [5, 5.41) is 10.2. The molecule has 0 amide bonds. The Balaban J connectivity index is 1.76. The van der Waals surface area contributed by atoms with E-state index >= 15 is 0 Å². The molecule has 0 unspecified atom stereocenters. The normalized spacial score (nSPS) is 11.1. The first-order valence-corrected chi connectivity index (χ1v) is 11.5.